The standard InChI is InChI=1S/C15H13ClN2O4S/c16-18(15(20)11-6-2-1-3-7-11)17-14(19)13-9-5-4-8-12(13)10-23(21)22/h1-9,23H,10H2,(H,17,19). The van der Waals surface area contributed by atoms with Gasteiger partial charge in [-0.05, 0) is 23.8 Å². The average molecular weight is 353 g/mol. The Hall–Kier alpha value is -2.38. The second-order valence-electron chi connectivity index (χ2n) is 4.54. The van der Waals surface area contributed by atoms with Gasteiger partial charge in [-0.15, -0.1) is 0 Å². The minimum absolute atomic E-state index is 0.137. The first kappa shape index (κ1) is 17.0. The molecule has 0 aliphatic heterocycles. The lowest BCUT2D eigenvalue weighted by Gasteiger charge is -2.16. The van der Waals surface area contributed by atoms with Crippen molar-refractivity contribution >= 4 is 34.3 Å². The number of halogens is 1. The highest BCUT2D eigenvalue weighted by molar-refractivity contribution is 7.71. The molecule has 0 heterocycles. The van der Waals surface area contributed by atoms with E-state index in [1.807, 2.05) is 0 Å². The molecule has 0 spiro atoms. The first-order valence-corrected chi connectivity index (χ1v) is 8.25. The molecule has 0 fully saturated rings. The minimum atomic E-state index is -2.68. The molecule has 23 heavy (non-hydrogen) atoms. The zero-order valence-corrected chi connectivity index (χ0v) is 13.5. The number of rotatable bonds is 4. The van der Waals surface area contributed by atoms with Crippen molar-refractivity contribution in [3.05, 3.63) is 71.3 Å². The third-order valence-electron chi connectivity index (χ3n) is 2.96. The van der Waals surface area contributed by atoms with Crippen molar-refractivity contribution in [2.24, 2.45) is 0 Å². The number of benzene rings is 2. The summed E-state index contributed by atoms with van der Waals surface area (Å²) >= 11 is 5.80. The summed E-state index contributed by atoms with van der Waals surface area (Å²) in [5.74, 6) is -1.54. The monoisotopic (exact) mass is 352 g/mol. The topological polar surface area (TPSA) is 83.6 Å². The minimum Gasteiger partial charge on any atom is -0.267 e. The molecule has 2 amide bonds. The molecule has 0 radical (unpaired) electrons. The number of nitrogens with zero attached hydrogens (tertiary/aromatic N) is 1. The zero-order valence-electron chi connectivity index (χ0n) is 11.8. The van der Waals surface area contributed by atoms with Crippen molar-refractivity contribution in [1.29, 1.82) is 0 Å². The van der Waals surface area contributed by atoms with Crippen LogP contribution in [0.4, 0.5) is 0 Å². The lowest BCUT2D eigenvalue weighted by atomic mass is 10.1. The Bertz CT molecular complexity index is 785. The molecule has 0 saturated carbocycles. The van der Waals surface area contributed by atoms with Gasteiger partial charge in [0.25, 0.3) is 11.8 Å². The van der Waals surface area contributed by atoms with Gasteiger partial charge >= 0.3 is 0 Å². The van der Waals surface area contributed by atoms with Crippen LogP contribution in [0.1, 0.15) is 26.3 Å². The molecular formula is C15H13ClN2O4S. The molecule has 2 aromatic carbocycles. The Labute approximate surface area is 139 Å². The van der Waals surface area contributed by atoms with Gasteiger partial charge in [0.2, 0.25) is 0 Å². The maximum atomic E-state index is 12.2. The fourth-order valence-electron chi connectivity index (χ4n) is 1.91. The molecule has 0 atom stereocenters. The van der Waals surface area contributed by atoms with E-state index in [2.05, 4.69) is 5.43 Å². The molecule has 2 rings (SSSR count). The molecule has 8 heteroatoms. The first-order chi connectivity index (χ1) is 11.0. The predicted octanol–water partition coefficient (Wildman–Crippen LogP) is 1.74. The van der Waals surface area contributed by atoms with Gasteiger partial charge in [-0.3, -0.25) is 9.59 Å². The summed E-state index contributed by atoms with van der Waals surface area (Å²) in [5.41, 5.74) is 2.99. The van der Waals surface area contributed by atoms with Crippen LogP contribution in [0.5, 0.6) is 0 Å². The number of hydrazine groups is 1. The zero-order chi connectivity index (χ0) is 16.8. The number of carbonyl (C=O) groups is 2. The molecule has 2 aromatic rings. The van der Waals surface area contributed by atoms with Gasteiger partial charge in [-0.2, -0.15) is 4.53 Å². The van der Waals surface area contributed by atoms with Gasteiger partial charge in [0.1, 0.15) is 10.7 Å². The van der Waals surface area contributed by atoms with Gasteiger partial charge in [-0.25, -0.2) is 13.8 Å². The van der Waals surface area contributed by atoms with Crippen LogP contribution in [-0.2, 0) is 16.5 Å². The molecule has 0 bridgehead atoms. The Balaban J connectivity index is 2.14. The number of hydrogen-bond acceptors (Lipinski definition) is 4. The van der Waals surface area contributed by atoms with E-state index in [1.54, 1.807) is 42.5 Å². The van der Waals surface area contributed by atoms with Gasteiger partial charge in [0, 0.05) is 22.9 Å². The third-order valence-corrected chi connectivity index (χ3v) is 3.80. The Morgan fingerprint density at radius 3 is 2.26 bits per heavy atom. The van der Waals surface area contributed by atoms with Crippen molar-refractivity contribution in [2.45, 2.75) is 5.75 Å². The maximum Gasteiger partial charge on any atom is 0.287 e. The summed E-state index contributed by atoms with van der Waals surface area (Å²) in [4.78, 5) is 24.3. The quantitative estimate of drug-likeness (QED) is 0.499. The van der Waals surface area contributed by atoms with Crippen LogP contribution in [0.15, 0.2) is 54.6 Å². The lowest BCUT2D eigenvalue weighted by Crippen LogP contribution is -2.40. The maximum absolute atomic E-state index is 12.2. The number of thiol groups is 1. The SMILES string of the molecule is O=C(NN(Cl)C(=O)c1ccccc1)c1ccccc1C[SH](=O)=O. The molecule has 0 unspecified atom stereocenters. The molecule has 6 nitrogen and oxygen atoms in total. The van der Waals surface area contributed by atoms with Crippen molar-refractivity contribution in [2.75, 3.05) is 0 Å². The second-order valence-corrected chi connectivity index (χ2v) is 5.86. The van der Waals surface area contributed by atoms with Crippen LogP contribution in [-0.4, -0.2) is 24.8 Å². The number of hydrogen-bond donors (Lipinski definition) is 2. The number of amides is 2. The van der Waals surface area contributed by atoms with Gasteiger partial charge in [0.15, 0.2) is 0 Å². The van der Waals surface area contributed by atoms with Gasteiger partial charge < -0.3 is 0 Å². The fourth-order valence-corrected chi connectivity index (χ4v) is 2.64. The van der Waals surface area contributed by atoms with E-state index in [9.17, 15) is 18.0 Å². The van der Waals surface area contributed by atoms with Crippen LogP contribution in [0.2, 0.25) is 0 Å². The highest BCUT2D eigenvalue weighted by Gasteiger charge is 2.18. The largest absolute Gasteiger partial charge is 0.287 e. The highest BCUT2D eigenvalue weighted by atomic mass is 35.5. The van der Waals surface area contributed by atoms with Crippen LogP contribution in [0.25, 0.3) is 0 Å². The molecule has 1 N–H and O–H groups in total. The van der Waals surface area contributed by atoms with Gasteiger partial charge in [0.05, 0.1) is 5.75 Å². The summed E-state index contributed by atoms with van der Waals surface area (Å²) in [6.45, 7) is 0. The van der Waals surface area contributed by atoms with Crippen molar-refractivity contribution in [3.8, 4) is 0 Å². The Morgan fingerprint density at radius 2 is 1.61 bits per heavy atom. The summed E-state index contributed by atoms with van der Waals surface area (Å²) in [6, 6.07) is 14.4. The summed E-state index contributed by atoms with van der Waals surface area (Å²) in [5, 5.41) is 0. The van der Waals surface area contributed by atoms with Crippen LogP contribution >= 0.6 is 11.8 Å². The third kappa shape index (κ3) is 4.54. The second kappa shape index (κ2) is 7.75. The van der Waals surface area contributed by atoms with E-state index in [0.29, 0.717) is 15.7 Å². The van der Waals surface area contributed by atoms with Crippen molar-refractivity contribution in [1.82, 2.24) is 9.95 Å². The highest BCUT2D eigenvalue weighted by Crippen LogP contribution is 2.11. The summed E-state index contributed by atoms with van der Waals surface area (Å²) in [7, 11) is -2.68. The lowest BCUT2D eigenvalue weighted by molar-refractivity contribution is 0.0728. The van der Waals surface area contributed by atoms with E-state index in [4.69, 9.17) is 11.8 Å². The normalized spacial score (nSPS) is 10.3. The van der Waals surface area contributed by atoms with Crippen LogP contribution in [0.3, 0.4) is 0 Å². The number of nitrogens with one attached hydrogen (secondary N) is 1. The smallest absolute Gasteiger partial charge is 0.267 e. The van der Waals surface area contributed by atoms with Crippen LogP contribution < -0.4 is 5.43 Å². The van der Waals surface area contributed by atoms with E-state index >= 15 is 0 Å². The average Bonchev–Trinajstić information content (AvgIpc) is 2.54. The van der Waals surface area contributed by atoms with Gasteiger partial charge in [-0.1, -0.05) is 36.4 Å². The van der Waals surface area contributed by atoms with E-state index < -0.39 is 22.5 Å². The molecule has 0 aliphatic rings. The van der Waals surface area contributed by atoms with E-state index in [1.165, 1.54) is 12.1 Å². The molecule has 120 valence electrons. The van der Waals surface area contributed by atoms with Crippen molar-refractivity contribution < 1.29 is 18.0 Å². The molecular weight excluding hydrogens is 340 g/mol. The van der Waals surface area contributed by atoms with E-state index in [0.717, 1.165) is 0 Å². The Morgan fingerprint density at radius 1 is 1.00 bits per heavy atom. The molecule has 0 aliphatic carbocycles. The summed E-state index contributed by atoms with van der Waals surface area (Å²) < 4.78 is 22.3. The number of carbonyl (C=O) groups excluding carboxylic acids is 2. The van der Waals surface area contributed by atoms with Crippen LogP contribution in [0, 0.1) is 0 Å². The summed E-state index contributed by atoms with van der Waals surface area (Å²) in [6.07, 6.45) is 0. The predicted molar refractivity (Wildman–Crippen MR) is 86.4 cm³/mol. The first-order valence-electron chi connectivity index (χ1n) is 6.55. The molecule has 0 aromatic heterocycles. The molecule has 0 saturated heterocycles. The fraction of sp³-hybridized carbons (Fsp3) is 0.0667. The van der Waals surface area contributed by atoms with Crippen molar-refractivity contribution in [3.63, 3.8) is 0 Å². The Kier molecular flexibility index (Phi) is 5.72. The van der Waals surface area contributed by atoms with E-state index in [-0.39, 0.29) is 11.3 Å².